The monoisotopic (exact) mass is 458 g/mol. The van der Waals surface area contributed by atoms with Gasteiger partial charge in [0, 0.05) is 11.3 Å². The highest BCUT2D eigenvalue weighted by atomic mass is 19.1. The lowest BCUT2D eigenvalue weighted by Gasteiger charge is -2.55. The first-order valence-electron chi connectivity index (χ1n) is 12.5. The summed E-state index contributed by atoms with van der Waals surface area (Å²) in [7, 11) is 0. The fourth-order valence-corrected chi connectivity index (χ4v) is 8.10. The number of hydrogen-bond donors (Lipinski definition) is 0. The molecule has 3 saturated carbocycles. The van der Waals surface area contributed by atoms with Crippen LogP contribution in [0.3, 0.4) is 0 Å². The molecule has 6 heteroatoms. The van der Waals surface area contributed by atoms with Gasteiger partial charge in [0.2, 0.25) is 0 Å². The highest BCUT2D eigenvalue weighted by Crippen LogP contribution is 2.75. The minimum Gasteiger partial charge on any atom is -0.457 e. The van der Waals surface area contributed by atoms with Crippen molar-refractivity contribution in [2.75, 3.05) is 6.61 Å². The molecule has 5 nitrogen and oxygen atoms in total. The van der Waals surface area contributed by atoms with Gasteiger partial charge in [-0.25, -0.2) is 4.39 Å². The van der Waals surface area contributed by atoms with Crippen molar-refractivity contribution < 1.29 is 28.2 Å². The summed E-state index contributed by atoms with van der Waals surface area (Å²) in [6, 6.07) is 0. The van der Waals surface area contributed by atoms with Crippen molar-refractivity contribution in [3.8, 4) is 0 Å². The second kappa shape index (κ2) is 7.59. The number of carbonyl (C=O) groups is 3. The van der Waals surface area contributed by atoms with E-state index >= 15 is 4.39 Å². The van der Waals surface area contributed by atoms with Crippen molar-refractivity contribution in [3.63, 3.8) is 0 Å². The van der Waals surface area contributed by atoms with Crippen molar-refractivity contribution in [2.45, 2.75) is 84.1 Å². The molecular formula is C27H35FO5. The maximum atomic E-state index is 15.4. The molecule has 1 saturated heterocycles. The number of esters is 1. The second-order valence-corrected chi connectivity index (χ2v) is 11.5. The van der Waals surface area contributed by atoms with Gasteiger partial charge in [0.25, 0.3) is 0 Å². The summed E-state index contributed by atoms with van der Waals surface area (Å²) in [6.07, 6.45) is 7.96. The third-order valence-corrected chi connectivity index (χ3v) is 9.79. The molecule has 0 amide bonds. The fourth-order valence-electron chi connectivity index (χ4n) is 8.10. The Morgan fingerprint density at radius 3 is 2.76 bits per heavy atom. The predicted octanol–water partition coefficient (Wildman–Crippen LogP) is 4.54. The fraction of sp³-hybridized carbons (Fsp3) is 0.741. The van der Waals surface area contributed by atoms with Gasteiger partial charge in [-0.05, 0) is 74.0 Å². The Morgan fingerprint density at radius 2 is 2.03 bits per heavy atom. The average Bonchev–Trinajstić information content (AvgIpc) is 3.39. The van der Waals surface area contributed by atoms with E-state index in [1.807, 2.05) is 26.8 Å². The van der Waals surface area contributed by atoms with Crippen LogP contribution in [0, 0.1) is 34.5 Å². The molecule has 0 aromatic rings. The minimum atomic E-state index is -1.18. The van der Waals surface area contributed by atoms with Crippen LogP contribution in [-0.2, 0) is 23.9 Å². The summed E-state index contributed by atoms with van der Waals surface area (Å²) in [5, 5.41) is 0. The van der Waals surface area contributed by atoms with E-state index in [0.29, 0.717) is 12.0 Å². The normalized spacial score (nSPS) is 45.8. The van der Waals surface area contributed by atoms with Crippen molar-refractivity contribution in [1.82, 2.24) is 0 Å². The van der Waals surface area contributed by atoms with E-state index in [1.54, 1.807) is 6.08 Å². The lowest BCUT2D eigenvalue weighted by molar-refractivity contribution is -0.154. The Kier molecular flexibility index (Phi) is 5.28. The van der Waals surface area contributed by atoms with Gasteiger partial charge in [0.15, 0.2) is 11.6 Å². The molecule has 9 atom stereocenters. The Hall–Kier alpha value is -1.82. The average molecular weight is 459 g/mol. The molecule has 1 aliphatic heterocycles. The number of fused-ring (bicyclic) bond motifs is 3. The van der Waals surface area contributed by atoms with E-state index < -0.39 is 17.2 Å². The summed E-state index contributed by atoms with van der Waals surface area (Å²) in [4.78, 5) is 37.4. The number of alkyl halides is 1. The SMILES string of the molecule is CCCC(C)C(=O)OCC(=O)[C@H]1CC[C@H]2[C@@H]3C[C@H](F)C4=CC(=O)C=C[C@]4(C)[C@@]34O[C@H]4C[C@]12C. The van der Waals surface area contributed by atoms with Gasteiger partial charge in [-0.15, -0.1) is 0 Å². The van der Waals surface area contributed by atoms with Crippen LogP contribution in [0.25, 0.3) is 0 Å². The first-order valence-corrected chi connectivity index (χ1v) is 12.5. The highest BCUT2D eigenvalue weighted by Gasteiger charge is 2.80. The number of carbonyl (C=O) groups excluding carboxylic acids is 3. The van der Waals surface area contributed by atoms with Crippen LogP contribution in [0.4, 0.5) is 4.39 Å². The van der Waals surface area contributed by atoms with Gasteiger partial charge in [-0.1, -0.05) is 33.3 Å². The zero-order valence-electron chi connectivity index (χ0n) is 20.1. The summed E-state index contributed by atoms with van der Waals surface area (Å²) < 4.78 is 27.3. The molecule has 0 N–H and O–H groups in total. The molecule has 4 fully saturated rings. The summed E-state index contributed by atoms with van der Waals surface area (Å²) in [6.45, 7) is 7.84. The molecule has 0 bridgehead atoms. The van der Waals surface area contributed by atoms with Gasteiger partial charge in [-0.3, -0.25) is 14.4 Å². The minimum absolute atomic E-state index is 0.00109. The van der Waals surface area contributed by atoms with Crippen LogP contribution >= 0.6 is 0 Å². The molecule has 5 aliphatic rings. The van der Waals surface area contributed by atoms with Crippen LogP contribution in [-0.4, -0.2) is 42.0 Å². The topological polar surface area (TPSA) is 73.0 Å². The maximum absolute atomic E-state index is 15.4. The van der Waals surface area contributed by atoms with Gasteiger partial charge in [0.05, 0.1) is 12.0 Å². The van der Waals surface area contributed by atoms with E-state index in [-0.39, 0.29) is 59.3 Å². The predicted molar refractivity (Wildman–Crippen MR) is 120 cm³/mol. The number of epoxide rings is 1. The molecule has 0 aromatic carbocycles. The van der Waals surface area contributed by atoms with Crippen LogP contribution in [0.15, 0.2) is 23.8 Å². The van der Waals surface area contributed by atoms with Crippen LogP contribution < -0.4 is 0 Å². The summed E-state index contributed by atoms with van der Waals surface area (Å²) in [5.74, 6) is -0.725. The van der Waals surface area contributed by atoms with Crippen molar-refractivity contribution in [1.29, 1.82) is 0 Å². The Bertz CT molecular complexity index is 954. The Labute approximate surface area is 195 Å². The summed E-state index contributed by atoms with van der Waals surface area (Å²) >= 11 is 0. The van der Waals surface area contributed by atoms with E-state index in [1.165, 1.54) is 6.08 Å². The van der Waals surface area contributed by atoms with Crippen molar-refractivity contribution >= 4 is 17.5 Å². The zero-order chi connectivity index (χ0) is 23.8. The largest absolute Gasteiger partial charge is 0.457 e. The molecule has 4 aliphatic carbocycles. The first-order chi connectivity index (χ1) is 15.6. The number of Topliss-reactive ketones (excluding diaryl/α,β-unsaturated/α-hetero) is 1. The van der Waals surface area contributed by atoms with Crippen LogP contribution in [0.5, 0.6) is 0 Å². The molecular weight excluding hydrogens is 423 g/mol. The van der Waals surface area contributed by atoms with E-state index in [2.05, 4.69) is 6.92 Å². The number of halogens is 1. The highest BCUT2D eigenvalue weighted by molar-refractivity contribution is 6.01. The lowest BCUT2D eigenvalue weighted by atomic mass is 9.47. The molecule has 5 rings (SSSR count). The van der Waals surface area contributed by atoms with Gasteiger partial charge in [-0.2, -0.15) is 0 Å². The van der Waals surface area contributed by atoms with Gasteiger partial charge in [0.1, 0.15) is 18.4 Å². The maximum Gasteiger partial charge on any atom is 0.309 e. The van der Waals surface area contributed by atoms with Crippen molar-refractivity contribution in [2.24, 2.45) is 34.5 Å². The first kappa shape index (κ1) is 22.9. The van der Waals surface area contributed by atoms with Gasteiger partial charge >= 0.3 is 5.97 Å². The van der Waals surface area contributed by atoms with Crippen LogP contribution in [0.2, 0.25) is 0 Å². The number of rotatable bonds is 6. The van der Waals surface area contributed by atoms with Gasteiger partial charge < -0.3 is 9.47 Å². The second-order valence-electron chi connectivity index (χ2n) is 11.5. The molecule has 1 spiro atoms. The molecule has 0 aromatic heterocycles. The lowest BCUT2D eigenvalue weighted by Crippen LogP contribution is -2.59. The molecule has 0 radical (unpaired) electrons. The van der Waals surface area contributed by atoms with E-state index in [4.69, 9.17) is 9.47 Å². The molecule has 33 heavy (non-hydrogen) atoms. The van der Waals surface area contributed by atoms with E-state index in [9.17, 15) is 14.4 Å². The quantitative estimate of drug-likeness (QED) is 0.432. The zero-order valence-corrected chi connectivity index (χ0v) is 20.1. The third-order valence-electron chi connectivity index (χ3n) is 9.79. The molecule has 1 heterocycles. The van der Waals surface area contributed by atoms with Crippen LogP contribution in [0.1, 0.15) is 66.2 Å². The van der Waals surface area contributed by atoms with Crippen molar-refractivity contribution in [3.05, 3.63) is 23.8 Å². The number of ketones is 2. The number of ether oxygens (including phenoxy) is 2. The molecule has 1 unspecified atom stereocenters. The third kappa shape index (κ3) is 3.08. The standard InChI is InChI=1S/C27H35FO5/c1-5-6-15(2)24(31)32-14-22(30)18-8-7-17-19-12-21(28)20-11-16(29)9-10-26(20,4)27(19)23(33-27)13-25(17,18)3/h9-11,15,17-19,21,23H,5-8,12-14H2,1-4H3/t15?,17-,18+,19-,21-,23-,25-,26-,27+/m0/s1. The summed E-state index contributed by atoms with van der Waals surface area (Å²) in [5.41, 5.74) is -0.846. The Balaban J connectivity index is 1.36. The number of allylic oxidation sites excluding steroid dienone is 2. The van der Waals surface area contributed by atoms with E-state index in [0.717, 1.165) is 32.1 Å². The molecule has 180 valence electrons. The smallest absolute Gasteiger partial charge is 0.309 e. The number of hydrogen-bond acceptors (Lipinski definition) is 5. The Morgan fingerprint density at radius 1 is 1.27 bits per heavy atom.